The van der Waals surface area contributed by atoms with Gasteiger partial charge >= 0.3 is 0 Å². The molecular weight excluding hydrogens is 671 g/mol. The van der Waals surface area contributed by atoms with Gasteiger partial charge in [-0.25, -0.2) is 19.9 Å². The first-order valence-corrected chi connectivity index (χ1v) is 18.5. The first-order chi connectivity index (χ1) is 27.2. The summed E-state index contributed by atoms with van der Waals surface area (Å²) in [5.41, 5.74) is 13.9. The van der Waals surface area contributed by atoms with Crippen LogP contribution in [0.2, 0.25) is 0 Å². The number of pyridine rings is 4. The third-order valence-corrected chi connectivity index (χ3v) is 10.6. The summed E-state index contributed by atoms with van der Waals surface area (Å²) in [6.07, 6.45) is 4.21. The summed E-state index contributed by atoms with van der Waals surface area (Å²) >= 11 is 0. The van der Waals surface area contributed by atoms with Gasteiger partial charge in [0.15, 0.2) is 0 Å². The summed E-state index contributed by atoms with van der Waals surface area (Å²) in [5, 5.41) is 5.39. The fraction of sp³-hybridized carbons (Fsp3) is 0. The third kappa shape index (κ3) is 5.33. The third-order valence-electron chi connectivity index (χ3n) is 10.6. The Balaban J connectivity index is 1.01. The molecule has 11 rings (SSSR count). The highest BCUT2D eigenvalue weighted by molar-refractivity contribution is 6.17. The molecule has 0 amide bonds. The summed E-state index contributed by atoms with van der Waals surface area (Å²) in [4.78, 5) is 20.8. The number of rotatable bonds is 5. The largest absolute Gasteiger partial charge is 0.306 e. The van der Waals surface area contributed by atoms with Crippen molar-refractivity contribution in [2.45, 2.75) is 0 Å². The Bertz CT molecular complexity index is 3230. The molecule has 0 unspecified atom stereocenters. The average molecular weight is 702 g/mol. The van der Waals surface area contributed by atoms with Crippen molar-refractivity contribution in [3.8, 4) is 56.2 Å². The lowest BCUT2D eigenvalue weighted by Crippen LogP contribution is -1.94. The van der Waals surface area contributed by atoms with Gasteiger partial charge in [0.2, 0.25) is 0 Å². The van der Waals surface area contributed by atoms with Crippen LogP contribution in [0.3, 0.4) is 0 Å². The summed E-state index contributed by atoms with van der Waals surface area (Å²) in [7, 11) is 0. The fourth-order valence-corrected chi connectivity index (χ4v) is 7.81. The molecule has 256 valence electrons. The zero-order chi connectivity index (χ0) is 36.3. The second kappa shape index (κ2) is 12.6. The second-order valence-corrected chi connectivity index (χ2v) is 13.9. The molecule has 55 heavy (non-hydrogen) atoms. The molecule has 0 saturated heterocycles. The van der Waals surface area contributed by atoms with Crippen molar-refractivity contribution >= 4 is 49.1 Å². The maximum Gasteiger partial charge on any atom is 0.146 e. The Morgan fingerprint density at radius 1 is 0.364 bits per heavy atom. The monoisotopic (exact) mass is 701 g/mol. The van der Waals surface area contributed by atoms with Crippen molar-refractivity contribution in [3.05, 3.63) is 188 Å². The van der Waals surface area contributed by atoms with E-state index in [2.05, 4.69) is 162 Å². The van der Waals surface area contributed by atoms with Gasteiger partial charge in [-0.3, -0.25) is 0 Å². The SMILES string of the molecule is c1ccc(-c2ccc3ccc4ccc(-c5ccc(-c6ccc7c(c6)nc(-c6ccccc6)c6ccn8cc(-c9ccccc9)nc8c67)cc5)nc4c3n2)cc1. The van der Waals surface area contributed by atoms with E-state index in [1.807, 2.05) is 30.3 Å². The molecule has 0 fully saturated rings. The molecule has 0 atom stereocenters. The number of hydrogen-bond donors (Lipinski definition) is 0. The van der Waals surface area contributed by atoms with Crippen LogP contribution in [0, 0.1) is 0 Å². The van der Waals surface area contributed by atoms with Crippen molar-refractivity contribution in [3.63, 3.8) is 0 Å². The van der Waals surface area contributed by atoms with E-state index in [1.165, 1.54) is 0 Å². The molecule has 0 aliphatic rings. The molecule has 0 saturated carbocycles. The van der Waals surface area contributed by atoms with E-state index in [4.69, 9.17) is 19.9 Å². The van der Waals surface area contributed by atoms with Crippen LogP contribution in [0.1, 0.15) is 0 Å². The van der Waals surface area contributed by atoms with Crippen molar-refractivity contribution in [2.24, 2.45) is 0 Å². The summed E-state index contributed by atoms with van der Waals surface area (Å²) < 4.78 is 2.13. The van der Waals surface area contributed by atoms with Crippen LogP contribution < -0.4 is 0 Å². The van der Waals surface area contributed by atoms with Crippen LogP contribution in [-0.4, -0.2) is 24.3 Å². The molecule has 6 aromatic carbocycles. The minimum Gasteiger partial charge on any atom is -0.306 e. The molecule has 0 radical (unpaired) electrons. The smallest absolute Gasteiger partial charge is 0.146 e. The number of hydrogen-bond acceptors (Lipinski definition) is 4. The highest BCUT2D eigenvalue weighted by Crippen LogP contribution is 2.38. The summed E-state index contributed by atoms with van der Waals surface area (Å²) in [5.74, 6) is 0. The highest BCUT2D eigenvalue weighted by atomic mass is 15.0. The molecule has 5 nitrogen and oxygen atoms in total. The standard InChI is InChI=1S/C50H31N5/c1-4-10-33(11-5-1)42-26-23-37-20-21-38-24-27-43(52-49(38)48(37)51-42)35-18-16-32(17-19-35)39-22-25-40-44(30-39)53-47(36-14-8-3-9-15-36)41-28-29-55-31-45(54-50(55)46(40)41)34-12-6-2-7-13-34/h1-31H. The molecule has 0 bridgehead atoms. The van der Waals surface area contributed by atoms with Gasteiger partial charge in [-0.1, -0.05) is 152 Å². The van der Waals surface area contributed by atoms with Gasteiger partial charge in [0, 0.05) is 61.6 Å². The average Bonchev–Trinajstić information content (AvgIpc) is 3.71. The number of fused-ring (bicyclic) bond motifs is 8. The molecule has 0 aliphatic carbocycles. The van der Waals surface area contributed by atoms with Crippen LogP contribution in [0.5, 0.6) is 0 Å². The number of imidazole rings is 1. The van der Waals surface area contributed by atoms with E-state index in [0.29, 0.717) is 0 Å². The number of nitrogens with zero attached hydrogens (tertiary/aromatic N) is 5. The second-order valence-electron chi connectivity index (χ2n) is 13.9. The Morgan fingerprint density at radius 2 is 0.891 bits per heavy atom. The molecular formula is C50H31N5. The van der Waals surface area contributed by atoms with Crippen molar-refractivity contribution < 1.29 is 0 Å². The topological polar surface area (TPSA) is 56.0 Å². The van der Waals surface area contributed by atoms with Gasteiger partial charge < -0.3 is 4.40 Å². The van der Waals surface area contributed by atoms with Crippen LogP contribution in [0.4, 0.5) is 0 Å². The zero-order valence-corrected chi connectivity index (χ0v) is 29.6. The molecule has 5 heteroatoms. The van der Waals surface area contributed by atoms with Gasteiger partial charge in [0.25, 0.3) is 0 Å². The molecule has 0 spiro atoms. The number of aromatic nitrogens is 5. The first-order valence-electron chi connectivity index (χ1n) is 18.5. The van der Waals surface area contributed by atoms with Crippen molar-refractivity contribution in [1.29, 1.82) is 0 Å². The maximum atomic E-state index is 5.32. The Labute approximate surface area is 316 Å². The van der Waals surface area contributed by atoms with Gasteiger partial charge in [-0.2, -0.15) is 0 Å². The van der Waals surface area contributed by atoms with E-state index in [-0.39, 0.29) is 0 Å². The zero-order valence-electron chi connectivity index (χ0n) is 29.6. The first kappa shape index (κ1) is 31.1. The predicted octanol–water partition coefficient (Wildman–Crippen LogP) is 12.5. The van der Waals surface area contributed by atoms with Gasteiger partial charge in [0.05, 0.1) is 39.3 Å². The quantitative estimate of drug-likeness (QED) is 0.168. The van der Waals surface area contributed by atoms with E-state index < -0.39 is 0 Å². The number of benzene rings is 6. The Morgan fingerprint density at radius 3 is 1.53 bits per heavy atom. The molecule has 11 aromatic rings. The van der Waals surface area contributed by atoms with Gasteiger partial charge in [-0.05, 0) is 35.4 Å². The Hall–Kier alpha value is -7.50. The molecule has 5 aromatic heterocycles. The van der Waals surface area contributed by atoms with Crippen LogP contribution in [0.25, 0.3) is 105 Å². The summed E-state index contributed by atoms with van der Waals surface area (Å²) in [6.45, 7) is 0. The van der Waals surface area contributed by atoms with E-state index in [0.717, 1.165) is 105 Å². The lowest BCUT2D eigenvalue weighted by Gasteiger charge is -2.13. The minimum atomic E-state index is 0.904. The highest BCUT2D eigenvalue weighted by Gasteiger charge is 2.17. The minimum absolute atomic E-state index is 0.904. The lowest BCUT2D eigenvalue weighted by atomic mass is 9.97. The lowest BCUT2D eigenvalue weighted by molar-refractivity contribution is 1.20. The predicted molar refractivity (Wildman–Crippen MR) is 226 cm³/mol. The molecule has 5 heterocycles. The normalized spacial score (nSPS) is 11.6. The van der Waals surface area contributed by atoms with Crippen LogP contribution >= 0.6 is 0 Å². The van der Waals surface area contributed by atoms with Crippen LogP contribution in [0.15, 0.2) is 188 Å². The van der Waals surface area contributed by atoms with E-state index >= 15 is 0 Å². The molecule has 0 N–H and O–H groups in total. The van der Waals surface area contributed by atoms with Gasteiger partial charge in [-0.15, -0.1) is 0 Å². The Kier molecular flexibility index (Phi) is 7.10. The summed E-state index contributed by atoms with van der Waals surface area (Å²) in [6, 6.07) is 61.2. The molecule has 0 aliphatic heterocycles. The van der Waals surface area contributed by atoms with Crippen molar-refractivity contribution in [2.75, 3.05) is 0 Å². The van der Waals surface area contributed by atoms with E-state index in [9.17, 15) is 0 Å². The van der Waals surface area contributed by atoms with Gasteiger partial charge in [0.1, 0.15) is 5.65 Å². The maximum absolute atomic E-state index is 5.32. The van der Waals surface area contributed by atoms with Crippen LogP contribution in [-0.2, 0) is 0 Å². The van der Waals surface area contributed by atoms with E-state index in [1.54, 1.807) is 0 Å². The fourth-order valence-electron chi connectivity index (χ4n) is 7.81. The van der Waals surface area contributed by atoms with Crippen molar-refractivity contribution in [1.82, 2.24) is 24.3 Å².